The molecule has 2 heterocycles. The molecule has 192 valence electrons. The molecule has 0 bridgehead atoms. The second kappa shape index (κ2) is 15.2. The first-order valence-electron chi connectivity index (χ1n) is 12.0. The Hall–Kier alpha value is -2.83. The lowest BCUT2D eigenvalue weighted by Crippen LogP contribution is -2.87. The summed E-state index contributed by atoms with van der Waals surface area (Å²) >= 11 is 0. The standard InChI is InChI=1S/2C12H17N3.H2O4S/c2*1-2-3-6-9-14-15-10-13-11-7-4-5-8-12(11)15;1-5(2,3)4/h2*4-5,7-8,10,14H,2-3,6,9H2,1H3;(H2,1,2,3,4). The lowest BCUT2D eigenvalue weighted by Gasteiger charge is -2.06. The summed E-state index contributed by atoms with van der Waals surface area (Å²) in [6.07, 6.45) is 11.5. The van der Waals surface area contributed by atoms with Gasteiger partial charge in [-0.1, -0.05) is 51.0 Å². The number of quaternary nitrogens is 2. The third-order valence-electron chi connectivity index (χ3n) is 5.23. The van der Waals surface area contributed by atoms with Crippen LogP contribution in [0.2, 0.25) is 0 Å². The lowest BCUT2D eigenvalue weighted by atomic mass is 10.2. The van der Waals surface area contributed by atoms with Crippen LogP contribution in [0.5, 0.6) is 0 Å². The summed E-state index contributed by atoms with van der Waals surface area (Å²) in [7, 11) is -5.17. The van der Waals surface area contributed by atoms with Gasteiger partial charge in [-0.3, -0.25) is 8.42 Å². The van der Waals surface area contributed by atoms with Crippen LogP contribution in [-0.4, -0.2) is 49.9 Å². The molecule has 0 amide bonds. The Bertz CT molecular complexity index is 1150. The molecule has 4 N–H and O–H groups in total. The van der Waals surface area contributed by atoms with Crippen molar-refractivity contribution in [3.8, 4) is 0 Å². The average molecular weight is 505 g/mol. The molecule has 0 fully saturated rings. The smallest absolute Gasteiger partial charge is 0.147 e. The Kier molecular flexibility index (Phi) is 12.4. The van der Waals surface area contributed by atoms with Gasteiger partial charge in [0.1, 0.15) is 23.7 Å². The molecule has 0 saturated heterocycles. The third kappa shape index (κ3) is 11.0. The first kappa shape index (κ1) is 28.4. The lowest BCUT2D eigenvalue weighted by molar-refractivity contribution is -0.706. The summed E-state index contributed by atoms with van der Waals surface area (Å²) in [5, 5.41) is 0. The van der Waals surface area contributed by atoms with Crippen LogP contribution in [0.25, 0.3) is 22.1 Å². The Labute approximate surface area is 206 Å². The molecule has 11 heteroatoms. The van der Waals surface area contributed by atoms with E-state index in [4.69, 9.17) is 17.5 Å². The van der Waals surface area contributed by atoms with Crippen LogP contribution in [-0.2, 0) is 10.4 Å². The fourth-order valence-electron chi connectivity index (χ4n) is 3.50. The van der Waals surface area contributed by atoms with Gasteiger partial charge in [-0.25, -0.2) is 20.8 Å². The van der Waals surface area contributed by atoms with E-state index in [1.807, 2.05) is 36.9 Å². The Balaban J connectivity index is 0.000000208. The van der Waals surface area contributed by atoms with Gasteiger partial charge in [-0.05, 0) is 49.9 Å². The largest absolute Gasteiger partial charge is 0.759 e. The van der Waals surface area contributed by atoms with E-state index >= 15 is 0 Å². The zero-order valence-corrected chi connectivity index (χ0v) is 21.2. The molecule has 10 nitrogen and oxygen atoms in total. The SMILES string of the molecule is CCCCC[NH2+]n1cnc2ccccc21.CCCCC[NH2+]n1cnc2ccccc21.O=S(=O)([O-])[O-]. The number of unbranched alkanes of at least 4 members (excludes halogenated alkanes) is 4. The first-order chi connectivity index (χ1) is 16.8. The van der Waals surface area contributed by atoms with Crippen molar-refractivity contribution in [3.05, 3.63) is 61.2 Å². The molecular formula is C24H36N6O4S. The maximum atomic E-state index is 8.52. The van der Waals surface area contributed by atoms with Crippen LogP contribution in [0.1, 0.15) is 52.4 Å². The molecular weight excluding hydrogens is 468 g/mol. The molecule has 4 aromatic rings. The summed E-state index contributed by atoms with van der Waals surface area (Å²) in [5.41, 5.74) is 9.01. The van der Waals surface area contributed by atoms with E-state index in [0.29, 0.717) is 0 Å². The van der Waals surface area contributed by atoms with Gasteiger partial charge in [0.15, 0.2) is 0 Å². The van der Waals surface area contributed by atoms with Crippen molar-refractivity contribution in [2.75, 3.05) is 13.1 Å². The van der Waals surface area contributed by atoms with Gasteiger partial charge in [0.2, 0.25) is 0 Å². The van der Waals surface area contributed by atoms with Crippen LogP contribution in [0, 0.1) is 0 Å². The summed E-state index contributed by atoms with van der Waals surface area (Å²) in [5.74, 6) is 0. The monoisotopic (exact) mass is 504 g/mol. The van der Waals surface area contributed by atoms with Crippen LogP contribution in [0.4, 0.5) is 0 Å². The van der Waals surface area contributed by atoms with Crippen molar-refractivity contribution in [1.29, 1.82) is 0 Å². The van der Waals surface area contributed by atoms with E-state index in [1.54, 1.807) is 0 Å². The van der Waals surface area contributed by atoms with E-state index in [1.165, 1.54) is 49.6 Å². The number of nitrogens with zero attached hydrogens (tertiary/aromatic N) is 4. The average Bonchev–Trinajstić information content (AvgIpc) is 3.43. The molecule has 2 aromatic carbocycles. The molecule has 0 spiro atoms. The Morgan fingerprint density at radius 2 is 1.09 bits per heavy atom. The minimum absolute atomic E-state index is 1.07. The van der Waals surface area contributed by atoms with E-state index in [-0.39, 0.29) is 0 Å². The van der Waals surface area contributed by atoms with Crippen LogP contribution >= 0.6 is 0 Å². The second-order valence-electron chi connectivity index (χ2n) is 8.05. The highest BCUT2D eigenvalue weighted by Gasteiger charge is 2.03. The highest BCUT2D eigenvalue weighted by Crippen LogP contribution is 2.08. The minimum Gasteiger partial charge on any atom is -0.759 e. The molecule has 0 aliphatic carbocycles. The molecule has 0 atom stereocenters. The van der Waals surface area contributed by atoms with Gasteiger partial charge in [-0.15, -0.1) is 0 Å². The van der Waals surface area contributed by atoms with Crippen molar-refractivity contribution < 1.29 is 28.4 Å². The number of aromatic nitrogens is 4. The number of para-hydroxylation sites is 4. The van der Waals surface area contributed by atoms with Gasteiger partial charge in [-0.2, -0.15) is 9.35 Å². The topological polar surface area (TPSA) is 149 Å². The number of nitrogens with two attached hydrogens (primary N) is 2. The third-order valence-corrected chi connectivity index (χ3v) is 5.23. The minimum atomic E-state index is -5.17. The summed E-state index contributed by atoms with van der Waals surface area (Å²) in [6, 6.07) is 16.5. The zero-order chi connectivity index (χ0) is 25.5. The van der Waals surface area contributed by atoms with E-state index in [2.05, 4.69) is 68.3 Å². The highest BCUT2D eigenvalue weighted by molar-refractivity contribution is 7.79. The summed E-state index contributed by atoms with van der Waals surface area (Å²) < 4.78 is 38.3. The normalized spacial score (nSPS) is 11.1. The molecule has 0 unspecified atom stereocenters. The number of rotatable bonds is 10. The van der Waals surface area contributed by atoms with E-state index in [0.717, 1.165) is 24.1 Å². The highest BCUT2D eigenvalue weighted by atomic mass is 32.3. The fourth-order valence-corrected chi connectivity index (χ4v) is 3.50. The molecule has 0 aliphatic rings. The van der Waals surface area contributed by atoms with Gasteiger partial charge in [0.25, 0.3) is 0 Å². The predicted octanol–water partition coefficient (Wildman–Crippen LogP) is 1.77. The molecule has 0 saturated carbocycles. The molecule has 2 aromatic heterocycles. The van der Waals surface area contributed by atoms with E-state index in [9.17, 15) is 0 Å². The van der Waals surface area contributed by atoms with Crippen molar-refractivity contribution in [1.82, 2.24) is 19.3 Å². The van der Waals surface area contributed by atoms with Crippen molar-refractivity contribution >= 4 is 32.5 Å². The van der Waals surface area contributed by atoms with Gasteiger partial charge < -0.3 is 9.11 Å². The molecule has 4 rings (SSSR count). The number of hydrogen-bond acceptors (Lipinski definition) is 6. The Morgan fingerprint density at radius 3 is 1.46 bits per heavy atom. The Morgan fingerprint density at radius 1 is 0.714 bits per heavy atom. The molecule has 0 aliphatic heterocycles. The number of fused-ring (bicyclic) bond motifs is 2. The van der Waals surface area contributed by atoms with E-state index < -0.39 is 10.4 Å². The van der Waals surface area contributed by atoms with Gasteiger partial charge in [0, 0.05) is 10.4 Å². The first-order valence-corrected chi connectivity index (χ1v) is 13.3. The van der Waals surface area contributed by atoms with Crippen LogP contribution in [0.15, 0.2) is 61.2 Å². The van der Waals surface area contributed by atoms with Crippen molar-refractivity contribution in [3.63, 3.8) is 0 Å². The van der Waals surface area contributed by atoms with Crippen LogP contribution in [0.3, 0.4) is 0 Å². The maximum absolute atomic E-state index is 8.52. The number of benzene rings is 2. The number of hydrogen-bond donors (Lipinski definition) is 2. The van der Waals surface area contributed by atoms with Crippen molar-refractivity contribution in [2.45, 2.75) is 52.4 Å². The maximum Gasteiger partial charge on any atom is 0.147 e. The van der Waals surface area contributed by atoms with Gasteiger partial charge in [0.05, 0.1) is 24.1 Å². The second-order valence-corrected chi connectivity index (χ2v) is 8.86. The summed E-state index contributed by atoms with van der Waals surface area (Å²) in [6.45, 7) is 6.72. The van der Waals surface area contributed by atoms with Crippen LogP contribution < -0.4 is 10.9 Å². The fraction of sp³-hybridized carbons (Fsp3) is 0.417. The summed E-state index contributed by atoms with van der Waals surface area (Å²) in [4.78, 5) is 8.70. The number of imidazole rings is 2. The molecule has 0 radical (unpaired) electrons. The quantitative estimate of drug-likeness (QED) is 0.145. The predicted molar refractivity (Wildman–Crippen MR) is 133 cm³/mol. The van der Waals surface area contributed by atoms with Gasteiger partial charge >= 0.3 is 0 Å². The van der Waals surface area contributed by atoms with Crippen molar-refractivity contribution in [2.24, 2.45) is 0 Å². The molecule has 35 heavy (non-hydrogen) atoms. The zero-order valence-electron chi connectivity index (χ0n) is 20.4.